The van der Waals surface area contributed by atoms with Crippen LogP contribution in [0.1, 0.15) is 57.8 Å². The Morgan fingerprint density at radius 2 is 1.65 bits per heavy atom. The Morgan fingerprint density at radius 3 is 2.30 bits per heavy atom. The van der Waals surface area contributed by atoms with Gasteiger partial charge in [-0.25, -0.2) is 0 Å². The molecule has 2 aliphatic heterocycles. The van der Waals surface area contributed by atoms with Crippen molar-refractivity contribution in [2.45, 2.75) is 69.9 Å². The molecule has 3 fully saturated rings. The molecule has 2 N–H and O–H groups in total. The van der Waals surface area contributed by atoms with Gasteiger partial charge in [0.1, 0.15) is 0 Å². The normalized spacial score (nSPS) is 27.2. The van der Waals surface area contributed by atoms with Crippen LogP contribution in [0.25, 0.3) is 0 Å². The minimum Gasteiger partial charge on any atom is -0.368 e. The monoisotopic (exact) mass is 319 g/mol. The second-order valence-corrected chi connectivity index (χ2v) is 7.22. The number of hydrogen-bond donors (Lipinski definition) is 1. The molecule has 0 aromatic heterocycles. The van der Waals surface area contributed by atoms with E-state index in [0.717, 1.165) is 58.2 Å². The number of nitrogens with two attached hydrogens (primary N) is 1. The van der Waals surface area contributed by atoms with Gasteiger partial charge in [0.2, 0.25) is 11.8 Å². The minimum absolute atomic E-state index is 0.0911. The van der Waals surface area contributed by atoms with Crippen LogP contribution in [0.15, 0.2) is 11.6 Å². The third-order valence-electron chi connectivity index (χ3n) is 5.69. The van der Waals surface area contributed by atoms with Crippen LogP contribution in [0.2, 0.25) is 0 Å². The van der Waals surface area contributed by atoms with E-state index in [0.29, 0.717) is 6.04 Å². The molecule has 128 valence electrons. The van der Waals surface area contributed by atoms with Gasteiger partial charge < -0.3 is 10.6 Å². The highest BCUT2D eigenvalue weighted by Crippen LogP contribution is 2.27. The standard InChI is InChI=1S/C18H29N3O2/c19-18(23)16-7-4-10-21(16)15-8-11-20(12-9-15)17(22)13-14-5-2-1-3-6-14/h13,15-16H,1-12H2,(H2,19,23). The number of hydrogen-bond acceptors (Lipinski definition) is 3. The zero-order valence-corrected chi connectivity index (χ0v) is 14.0. The van der Waals surface area contributed by atoms with Gasteiger partial charge in [0.05, 0.1) is 6.04 Å². The lowest BCUT2D eigenvalue weighted by molar-refractivity contribution is -0.129. The lowest BCUT2D eigenvalue weighted by atomic mass is 9.94. The van der Waals surface area contributed by atoms with Gasteiger partial charge in [-0.15, -0.1) is 0 Å². The van der Waals surface area contributed by atoms with Crippen LogP contribution in [-0.2, 0) is 9.59 Å². The Balaban J connectivity index is 1.52. The summed E-state index contributed by atoms with van der Waals surface area (Å²) in [6.07, 6.45) is 11.7. The molecule has 1 saturated carbocycles. The molecule has 5 nitrogen and oxygen atoms in total. The number of nitrogens with zero attached hydrogens (tertiary/aromatic N) is 2. The maximum atomic E-state index is 12.4. The smallest absolute Gasteiger partial charge is 0.246 e. The molecule has 1 atom stereocenters. The summed E-state index contributed by atoms with van der Waals surface area (Å²) in [7, 11) is 0. The SMILES string of the molecule is NC(=O)C1CCCN1C1CCN(C(=O)C=C2CCCCC2)CC1. The fourth-order valence-electron chi connectivity index (χ4n) is 4.37. The molecule has 1 unspecified atom stereocenters. The fraction of sp³-hybridized carbons (Fsp3) is 0.778. The van der Waals surface area contributed by atoms with E-state index in [-0.39, 0.29) is 17.9 Å². The van der Waals surface area contributed by atoms with Crippen LogP contribution >= 0.6 is 0 Å². The third kappa shape index (κ3) is 3.94. The van der Waals surface area contributed by atoms with Crippen molar-refractivity contribution in [1.29, 1.82) is 0 Å². The zero-order valence-electron chi connectivity index (χ0n) is 14.0. The van der Waals surface area contributed by atoms with E-state index in [1.807, 2.05) is 11.0 Å². The summed E-state index contributed by atoms with van der Waals surface area (Å²) in [6.45, 7) is 2.57. The maximum absolute atomic E-state index is 12.4. The van der Waals surface area contributed by atoms with Crippen LogP contribution in [-0.4, -0.2) is 53.3 Å². The van der Waals surface area contributed by atoms with Crippen molar-refractivity contribution in [3.63, 3.8) is 0 Å². The molecule has 5 heteroatoms. The molecule has 0 radical (unpaired) electrons. The first-order valence-electron chi connectivity index (χ1n) is 9.18. The van der Waals surface area contributed by atoms with Gasteiger partial charge in [0.25, 0.3) is 0 Å². The van der Waals surface area contributed by atoms with E-state index >= 15 is 0 Å². The third-order valence-corrected chi connectivity index (χ3v) is 5.69. The minimum atomic E-state index is -0.192. The topological polar surface area (TPSA) is 66.6 Å². The number of amides is 2. The number of likely N-dealkylation sites (tertiary alicyclic amines) is 2. The first kappa shape index (κ1) is 16.5. The molecule has 0 bridgehead atoms. The molecule has 3 aliphatic rings. The van der Waals surface area contributed by atoms with Crippen LogP contribution in [0.5, 0.6) is 0 Å². The highest BCUT2D eigenvalue weighted by Gasteiger charge is 2.36. The highest BCUT2D eigenvalue weighted by atomic mass is 16.2. The highest BCUT2D eigenvalue weighted by molar-refractivity contribution is 5.88. The number of primary amides is 1. The second kappa shape index (κ2) is 7.47. The predicted molar refractivity (Wildman–Crippen MR) is 89.7 cm³/mol. The van der Waals surface area contributed by atoms with Crippen LogP contribution in [0.4, 0.5) is 0 Å². The summed E-state index contributed by atoms with van der Waals surface area (Å²) in [4.78, 5) is 28.2. The van der Waals surface area contributed by atoms with Gasteiger partial charge in [0.15, 0.2) is 0 Å². The molecular weight excluding hydrogens is 290 g/mol. The summed E-state index contributed by atoms with van der Waals surface area (Å²) >= 11 is 0. The Morgan fingerprint density at radius 1 is 0.957 bits per heavy atom. The van der Waals surface area contributed by atoms with E-state index in [1.54, 1.807) is 0 Å². The van der Waals surface area contributed by atoms with E-state index < -0.39 is 0 Å². The van der Waals surface area contributed by atoms with E-state index in [9.17, 15) is 9.59 Å². The van der Waals surface area contributed by atoms with E-state index in [4.69, 9.17) is 5.73 Å². The molecular formula is C18H29N3O2. The largest absolute Gasteiger partial charge is 0.368 e. The lowest BCUT2D eigenvalue weighted by Crippen LogP contribution is -2.51. The molecule has 0 aromatic carbocycles. The number of piperidine rings is 1. The van der Waals surface area contributed by atoms with Crippen molar-refractivity contribution in [3.8, 4) is 0 Å². The van der Waals surface area contributed by atoms with Crippen molar-refractivity contribution in [1.82, 2.24) is 9.80 Å². The van der Waals surface area contributed by atoms with Gasteiger partial charge in [-0.3, -0.25) is 14.5 Å². The first-order chi connectivity index (χ1) is 11.1. The van der Waals surface area contributed by atoms with Gasteiger partial charge in [-0.05, 0) is 57.9 Å². The van der Waals surface area contributed by atoms with Crippen LogP contribution in [0, 0.1) is 0 Å². The summed E-state index contributed by atoms with van der Waals surface area (Å²) in [5.41, 5.74) is 6.85. The molecule has 2 heterocycles. The molecule has 2 amide bonds. The molecule has 0 aromatic rings. The van der Waals surface area contributed by atoms with Crippen molar-refractivity contribution in [2.75, 3.05) is 19.6 Å². The second-order valence-electron chi connectivity index (χ2n) is 7.22. The van der Waals surface area contributed by atoms with Gasteiger partial charge in [-0.2, -0.15) is 0 Å². The summed E-state index contributed by atoms with van der Waals surface area (Å²) in [5, 5.41) is 0. The summed E-state index contributed by atoms with van der Waals surface area (Å²) in [6, 6.07) is 0.313. The fourth-order valence-corrected chi connectivity index (χ4v) is 4.37. The van der Waals surface area contributed by atoms with Crippen molar-refractivity contribution in [3.05, 3.63) is 11.6 Å². The van der Waals surface area contributed by atoms with Crippen molar-refractivity contribution < 1.29 is 9.59 Å². The number of rotatable bonds is 3. The molecule has 23 heavy (non-hydrogen) atoms. The average molecular weight is 319 g/mol. The van der Waals surface area contributed by atoms with Gasteiger partial charge in [0, 0.05) is 25.2 Å². The number of carbonyl (C=O) groups is 2. The number of allylic oxidation sites excluding steroid dienone is 1. The molecule has 0 spiro atoms. The maximum Gasteiger partial charge on any atom is 0.246 e. The molecule has 1 aliphatic carbocycles. The first-order valence-corrected chi connectivity index (χ1v) is 9.18. The summed E-state index contributed by atoms with van der Waals surface area (Å²) < 4.78 is 0. The Labute approximate surface area is 138 Å². The Hall–Kier alpha value is -1.36. The average Bonchev–Trinajstić information content (AvgIpc) is 3.06. The quantitative estimate of drug-likeness (QED) is 0.807. The number of carbonyl (C=O) groups excluding carboxylic acids is 2. The van der Waals surface area contributed by atoms with Gasteiger partial charge in [-0.1, -0.05) is 12.0 Å². The van der Waals surface area contributed by atoms with E-state index in [2.05, 4.69) is 4.90 Å². The van der Waals surface area contributed by atoms with Crippen molar-refractivity contribution >= 4 is 11.8 Å². The van der Waals surface area contributed by atoms with Gasteiger partial charge >= 0.3 is 0 Å². The Bertz CT molecular complexity index is 473. The molecule has 2 saturated heterocycles. The van der Waals surface area contributed by atoms with Crippen molar-refractivity contribution in [2.24, 2.45) is 5.73 Å². The van der Waals surface area contributed by atoms with Crippen LogP contribution < -0.4 is 5.73 Å². The van der Waals surface area contributed by atoms with Crippen LogP contribution in [0.3, 0.4) is 0 Å². The Kier molecular flexibility index (Phi) is 5.36. The lowest BCUT2D eigenvalue weighted by Gasteiger charge is -2.38. The molecule has 3 rings (SSSR count). The summed E-state index contributed by atoms with van der Waals surface area (Å²) in [5.74, 6) is -0.00346. The van der Waals surface area contributed by atoms with E-state index in [1.165, 1.54) is 24.8 Å². The zero-order chi connectivity index (χ0) is 16.2. The predicted octanol–water partition coefficient (Wildman–Crippen LogP) is 1.82.